The van der Waals surface area contributed by atoms with Crippen LogP contribution in [-0.4, -0.2) is 19.9 Å². The van der Waals surface area contributed by atoms with Crippen molar-refractivity contribution < 1.29 is 0 Å². The predicted molar refractivity (Wildman–Crippen MR) is 80.0 cm³/mol. The molecule has 3 heterocycles. The highest BCUT2D eigenvalue weighted by Gasteiger charge is 2.19. The highest BCUT2D eigenvalue weighted by molar-refractivity contribution is 7.15. The van der Waals surface area contributed by atoms with E-state index in [4.69, 9.17) is 0 Å². The lowest BCUT2D eigenvalue weighted by molar-refractivity contribution is 0.585. The normalized spacial score (nSPS) is 11.9. The van der Waals surface area contributed by atoms with Gasteiger partial charge in [-0.25, -0.2) is 15.0 Å². The van der Waals surface area contributed by atoms with Crippen molar-refractivity contribution >= 4 is 22.4 Å². The topological polar surface area (TPSA) is 71.5 Å². The van der Waals surface area contributed by atoms with Crippen LogP contribution in [-0.2, 0) is 5.41 Å². The first-order valence-electron chi connectivity index (χ1n) is 6.27. The number of hydrogen-bond acceptors (Lipinski definition) is 5. The smallest absolute Gasteiger partial charge is 0.260 e. The molecule has 3 aromatic rings. The Bertz CT molecular complexity index is 829. The van der Waals surface area contributed by atoms with E-state index in [1.807, 2.05) is 0 Å². The fraction of sp³-hybridized carbons (Fsp3) is 0.286. The third-order valence-electron chi connectivity index (χ3n) is 2.86. The Kier molecular flexibility index (Phi) is 2.90. The Morgan fingerprint density at radius 3 is 2.75 bits per heavy atom. The summed E-state index contributed by atoms with van der Waals surface area (Å²) < 4.78 is 0. The van der Waals surface area contributed by atoms with Crippen LogP contribution in [0.15, 0.2) is 29.3 Å². The molecule has 0 bridgehead atoms. The largest absolute Gasteiger partial charge is 0.305 e. The van der Waals surface area contributed by atoms with Crippen LogP contribution in [0.3, 0.4) is 0 Å². The minimum absolute atomic E-state index is 0.0156. The van der Waals surface area contributed by atoms with Crippen LogP contribution in [0.2, 0.25) is 0 Å². The number of thiazole rings is 1. The van der Waals surface area contributed by atoms with Crippen molar-refractivity contribution in [2.75, 3.05) is 0 Å². The van der Waals surface area contributed by atoms with Crippen LogP contribution in [0.1, 0.15) is 25.8 Å². The van der Waals surface area contributed by atoms with Gasteiger partial charge in [-0.05, 0) is 12.1 Å². The molecule has 20 heavy (non-hydrogen) atoms. The molecule has 0 unspecified atom stereocenters. The zero-order valence-corrected chi connectivity index (χ0v) is 12.3. The van der Waals surface area contributed by atoms with Gasteiger partial charge < -0.3 is 4.98 Å². The van der Waals surface area contributed by atoms with E-state index >= 15 is 0 Å². The molecule has 0 fully saturated rings. The number of nitrogens with one attached hydrogen (secondary N) is 1. The number of nitrogens with zero attached hydrogens (tertiary/aromatic N) is 3. The summed E-state index contributed by atoms with van der Waals surface area (Å²) >= 11 is 1.54. The van der Waals surface area contributed by atoms with Crippen LogP contribution in [0.4, 0.5) is 0 Å². The maximum Gasteiger partial charge on any atom is 0.260 e. The summed E-state index contributed by atoms with van der Waals surface area (Å²) in [5, 5.41) is 1.51. The monoisotopic (exact) mass is 286 g/mol. The molecule has 0 aliphatic heterocycles. The number of aromatic nitrogens is 4. The number of H-pyrrole nitrogens is 1. The summed E-state index contributed by atoms with van der Waals surface area (Å²) in [6.07, 6.45) is 3.38. The lowest BCUT2D eigenvalue weighted by atomic mass is 9.98. The van der Waals surface area contributed by atoms with Gasteiger partial charge in [-0.1, -0.05) is 20.8 Å². The molecule has 6 heteroatoms. The van der Waals surface area contributed by atoms with Crippen LogP contribution < -0.4 is 5.56 Å². The van der Waals surface area contributed by atoms with Crippen molar-refractivity contribution in [3.8, 4) is 10.7 Å². The number of hydrogen-bond donors (Lipinski definition) is 1. The molecule has 3 aromatic heterocycles. The standard InChI is InChI=1S/C14H14N4OS/c1-14(2,3)13-16-7-9(20-13)11-17-10-8(12(19)18-11)5-4-6-15-10/h4-7H,1-3H3,(H,15,17,18,19). The molecular weight excluding hydrogens is 272 g/mol. The van der Waals surface area contributed by atoms with E-state index in [9.17, 15) is 4.79 Å². The van der Waals surface area contributed by atoms with Crippen LogP contribution in [0, 0.1) is 0 Å². The molecule has 0 aliphatic carbocycles. The molecule has 3 rings (SSSR count). The van der Waals surface area contributed by atoms with Crippen molar-refractivity contribution in [3.05, 3.63) is 39.9 Å². The molecule has 0 aliphatic rings. The molecule has 0 atom stereocenters. The fourth-order valence-electron chi connectivity index (χ4n) is 1.82. The second-order valence-corrected chi connectivity index (χ2v) is 6.60. The third-order valence-corrected chi connectivity index (χ3v) is 4.29. The van der Waals surface area contributed by atoms with Crippen molar-refractivity contribution in [2.45, 2.75) is 26.2 Å². The van der Waals surface area contributed by atoms with Gasteiger partial charge in [0.2, 0.25) is 0 Å². The van der Waals surface area contributed by atoms with Crippen molar-refractivity contribution in [2.24, 2.45) is 0 Å². The van der Waals surface area contributed by atoms with E-state index in [0.29, 0.717) is 16.9 Å². The molecule has 102 valence electrons. The highest BCUT2D eigenvalue weighted by atomic mass is 32.1. The van der Waals surface area contributed by atoms with Gasteiger partial charge in [0.05, 0.1) is 15.3 Å². The highest BCUT2D eigenvalue weighted by Crippen LogP contribution is 2.30. The van der Waals surface area contributed by atoms with Crippen molar-refractivity contribution in [1.82, 2.24) is 19.9 Å². The van der Waals surface area contributed by atoms with Gasteiger partial charge >= 0.3 is 0 Å². The van der Waals surface area contributed by atoms with Gasteiger partial charge in [0, 0.05) is 17.8 Å². The van der Waals surface area contributed by atoms with Crippen molar-refractivity contribution in [3.63, 3.8) is 0 Å². The number of pyridine rings is 1. The Hall–Kier alpha value is -2.08. The summed E-state index contributed by atoms with van der Waals surface area (Å²) in [7, 11) is 0. The molecule has 5 nitrogen and oxygen atoms in total. The first-order chi connectivity index (χ1) is 9.45. The molecule has 0 saturated heterocycles. The second kappa shape index (κ2) is 4.49. The summed E-state index contributed by atoms with van der Waals surface area (Å²) in [6.45, 7) is 6.31. The number of aromatic amines is 1. The SMILES string of the molecule is CC(C)(C)c1ncc(-c2nc3ncccc3c(=O)[nH]2)s1. The minimum Gasteiger partial charge on any atom is -0.305 e. The molecular formula is C14H14N4OS. The van der Waals surface area contributed by atoms with E-state index < -0.39 is 0 Å². The minimum atomic E-state index is -0.177. The van der Waals surface area contributed by atoms with E-state index in [-0.39, 0.29) is 11.0 Å². The van der Waals surface area contributed by atoms with Crippen LogP contribution in [0.5, 0.6) is 0 Å². The lowest BCUT2D eigenvalue weighted by Crippen LogP contribution is -2.10. The molecule has 0 saturated carbocycles. The summed E-state index contributed by atoms with van der Waals surface area (Å²) in [4.78, 5) is 28.6. The molecule has 0 spiro atoms. The van der Waals surface area contributed by atoms with Gasteiger partial charge in [-0.3, -0.25) is 4.79 Å². The first-order valence-corrected chi connectivity index (χ1v) is 7.08. The van der Waals surface area contributed by atoms with Gasteiger partial charge in [0.25, 0.3) is 5.56 Å². The Balaban J connectivity index is 2.15. The quantitative estimate of drug-likeness (QED) is 0.746. The predicted octanol–water partition coefficient (Wildman–Crippen LogP) is 2.74. The van der Waals surface area contributed by atoms with Crippen molar-refractivity contribution in [1.29, 1.82) is 0 Å². The average molecular weight is 286 g/mol. The Morgan fingerprint density at radius 2 is 2.05 bits per heavy atom. The maximum absolute atomic E-state index is 12.0. The number of fused-ring (bicyclic) bond motifs is 1. The molecule has 0 radical (unpaired) electrons. The molecule has 0 aromatic carbocycles. The average Bonchev–Trinajstić information content (AvgIpc) is 2.88. The van der Waals surface area contributed by atoms with Crippen LogP contribution in [0.25, 0.3) is 21.7 Å². The second-order valence-electron chi connectivity index (χ2n) is 5.57. The van der Waals surface area contributed by atoms with Gasteiger partial charge in [0.1, 0.15) is 0 Å². The summed E-state index contributed by atoms with van der Waals surface area (Å²) in [6, 6.07) is 3.44. The third kappa shape index (κ3) is 2.22. The van der Waals surface area contributed by atoms with Gasteiger partial charge in [-0.15, -0.1) is 11.3 Å². The molecule has 0 amide bonds. The summed E-state index contributed by atoms with van der Waals surface area (Å²) in [5.41, 5.74) is 0.263. The lowest BCUT2D eigenvalue weighted by Gasteiger charge is -2.13. The van der Waals surface area contributed by atoms with E-state index in [1.54, 1.807) is 24.5 Å². The number of rotatable bonds is 1. The first kappa shape index (κ1) is 12.9. The van der Waals surface area contributed by atoms with E-state index in [1.165, 1.54) is 11.3 Å². The fourth-order valence-corrected chi connectivity index (χ4v) is 2.74. The van der Waals surface area contributed by atoms with Gasteiger partial charge in [-0.2, -0.15) is 0 Å². The Morgan fingerprint density at radius 1 is 1.25 bits per heavy atom. The van der Waals surface area contributed by atoms with E-state index in [2.05, 4.69) is 40.7 Å². The Labute approximate surface area is 119 Å². The molecule has 1 N–H and O–H groups in total. The maximum atomic E-state index is 12.0. The van der Waals surface area contributed by atoms with Crippen LogP contribution >= 0.6 is 11.3 Å². The summed E-state index contributed by atoms with van der Waals surface area (Å²) in [5.74, 6) is 0.522. The zero-order chi connectivity index (χ0) is 14.3. The van der Waals surface area contributed by atoms with Gasteiger partial charge in [0.15, 0.2) is 11.5 Å². The zero-order valence-electron chi connectivity index (χ0n) is 11.5. The van der Waals surface area contributed by atoms with E-state index in [0.717, 1.165) is 9.88 Å².